The van der Waals surface area contributed by atoms with Gasteiger partial charge in [0.2, 0.25) is 0 Å². The molecule has 2 aliphatic carbocycles. The SMILES string of the molecule is CN(CC1CCCCC1)C1CCC(CO)CC1. The van der Waals surface area contributed by atoms with Gasteiger partial charge in [0.15, 0.2) is 0 Å². The van der Waals surface area contributed by atoms with E-state index in [2.05, 4.69) is 11.9 Å². The molecular weight excluding hydrogens is 210 g/mol. The fourth-order valence-electron chi connectivity index (χ4n) is 3.69. The van der Waals surface area contributed by atoms with Gasteiger partial charge < -0.3 is 10.0 Å². The van der Waals surface area contributed by atoms with Crippen LogP contribution in [0.3, 0.4) is 0 Å². The number of aliphatic hydroxyl groups excluding tert-OH is 1. The lowest BCUT2D eigenvalue weighted by molar-refractivity contribution is 0.110. The maximum Gasteiger partial charge on any atom is 0.0459 e. The van der Waals surface area contributed by atoms with Crippen molar-refractivity contribution in [3.63, 3.8) is 0 Å². The van der Waals surface area contributed by atoms with Gasteiger partial charge in [0.05, 0.1) is 0 Å². The van der Waals surface area contributed by atoms with Crippen LogP contribution in [0.4, 0.5) is 0 Å². The highest BCUT2D eigenvalue weighted by Gasteiger charge is 2.25. The van der Waals surface area contributed by atoms with E-state index in [-0.39, 0.29) is 0 Å². The molecular formula is C15H29NO. The standard InChI is InChI=1S/C15H29NO/c1-16(11-13-5-3-2-4-6-13)15-9-7-14(12-17)8-10-15/h13-15,17H,2-12H2,1H3. The molecule has 0 bridgehead atoms. The average Bonchev–Trinajstić information content (AvgIpc) is 2.40. The van der Waals surface area contributed by atoms with Gasteiger partial charge in [-0.3, -0.25) is 0 Å². The summed E-state index contributed by atoms with van der Waals surface area (Å²) in [6, 6.07) is 0.791. The van der Waals surface area contributed by atoms with Crippen molar-refractivity contribution in [3.05, 3.63) is 0 Å². The fourth-order valence-corrected chi connectivity index (χ4v) is 3.69. The van der Waals surface area contributed by atoms with Crippen molar-refractivity contribution in [3.8, 4) is 0 Å². The highest BCUT2D eigenvalue weighted by Crippen LogP contribution is 2.29. The first-order chi connectivity index (χ1) is 8.29. The number of rotatable bonds is 4. The van der Waals surface area contributed by atoms with E-state index in [1.165, 1.54) is 64.3 Å². The molecule has 0 amide bonds. The van der Waals surface area contributed by atoms with Gasteiger partial charge >= 0.3 is 0 Å². The molecule has 0 heterocycles. The predicted octanol–water partition coefficient (Wildman–Crippen LogP) is 3.05. The zero-order valence-electron chi connectivity index (χ0n) is 11.4. The minimum atomic E-state index is 0.402. The number of hydrogen-bond acceptors (Lipinski definition) is 2. The van der Waals surface area contributed by atoms with Crippen LogP contribution >= 0.6 is 0 Å². The van der Waals surface area contributed by atoms with Gasteiger partial charge in [-0.15, -0.1) is 0 Å². The average molecular weight is 239 g/mol. The van der Waals surface area contributed by atoms with Gasteiger partial charge in [-0.25, -0.2) is 0 Å². The van der Waals surface area contributed by atoms with Gasteiger partial charge in [-0.1, -0.05) is 19.3 Å². The Morgan fingerprint density at radius 3 is 2.12 bits per heavy atom. The Morgan fingerprint density at radius 2 is 1.53 bits per heavy atom. The number of aliphatic hydroxyl groups is 1. The molecule has 2 aliphatic rings. The Kier molecular flexibility index (Phi) is 5.30. The zero-order valence-corrected chi connectivity index (χ0v) is 11.4. The molecule has 0 spiro atoms. The molecule has 0 radical (unpaired) electrons. The Bertz CT molecular complexity index is 205. The molecule has 1 N–H and O–H groups in total. The Balaban J connectivity index is 1.70. The van der Waals surface area contributed by atoms with Crippen LogP contribution in [0.1, 0.15) is 57.8 Å². The van der Waals surface area contributed by atoms with Gasteiger partial charge in [-0.05, 0) is 57.4 Å². The first-order valence-electron chi connectivity index (χ1n) is 7.60. The first-order valence-corrected chi connectivity index (χ1v) is 7.60. The van der Waals surface area contributed by atoms with Gasteiger partial charge in [0, 0.05) is 19.2 Å². The monoisotopic (exact) mass is 239 g/mol. The summed E-state index contributed by atoms with van der Waals surface area (Å²) < 4.78 is 0. The van der Waals surface area contributed by atoms with E-state index in [1.807, 2.05) is 0 Å². The largest absolute Gasteiger partial charge is 0.396 e. The van der Waals surface area contributed by atoms with Crippen molar-refractivity contribution in [2.45, 2.75) is 63.8 Å². The Hall–Kier alpha value is -0.0800. The second kappa shape index (κ2) is 6.75. The van der Waals surface area contributed by atoms with Crippen molar-refractivity contribution >= 4 is 0 Å². The normalized spacial score (nSPS) is 31.9. The molecule has 0 aliphatic heterocycles. The van der Waals surface area contributed by atoms with E-state index < -0.39 is 0 Å². The van der Waals surface area contributed by atoms with Crippen LogP contribution in [0, 0.1) is 11.8 Å². The molecule has 2 nitrogen and oxygen atoms in total. The quantitative estimate of drug-likeness (QED) is 0.815. The van der Waals surface area contributed by atoms with E-state index in [0.717, 1.165) is 12.0 Å². The molecule has 100 valence electrons. The highest BCUT2D eigenvalue weighted by atomic mass is 16.3. The summed E-state index contributed by atoms with van der Waals surface area (Å²) in [5.41, 5.74) is 0. The molecule has 0 aromatic rings. The van der Waals surface area contributed by atoms with Crippen LogP contribution in [-0.2, 0) is 0 Å². The van der Waals surface area contributed by atoms with E-state index >= 15 is 0 Å². The van der Waals surface area contributed by atoms with Crippen LogP contribution in [0.2, 0.25) is 0 Å². The number of hydrogen-bond donors (Lipinski definition) is 1. The van der Waals surface area contributed by atoms with Crippen molar-refractivity contribution in [1.82, 2.24) is 4.90 Å². The summed E-state index contributed by atoms with van der Waals surface area (Å²) in [5, 5.41) is 9.16. The van der Waals surface area contributed by atoms with Gasteiger partial charge in [0.25, 0.3) is 0 Å². The lowest BCUT2D eigenvalue weighted by atomic mass is 9.84. The molecule has 0 aromatic carbocycles. The van der Waals surface area contributed by atoms with Crippen molar-refractivity contribution in [2.75, 3.05) is 20.2 Å². The molecule has 0 atom stereocenters. The highest BCUT2D eigenvalue weighted by molar-refractivity contribution is 4.80. The van der Waals surface area contributed by atoms with Gasteiger partial charge in [-0.2, -0.15) is 0 Å². The Morgan fingerprint density at radius 1 is 0.882 bits per heavy atom. The minimum Gasteiger partial charge on any atom is -0.396 e. The van der Waals surface area contributed by atoms with E-state index in [1.54, 1.807) is 0 Å². The molecule has 2 fully saturated rings. The Labute approximate surface area is 106 Å². The third-order valence-corrected chi connectivity index (χ3v) is 4.97. The number of nitrogens with zero attached hydrogens (tertiary/aromatic N) is 1. The topological polar surface area (TPSA) is 23.5 Å². The van der Waals surface area contributed by atoms with E-state index in [0.29, 0.717) is 12.5 Å². The molecule has 0 aromatic heterocycles. The minimum absolute atomic E-state index is 0.402. The molecule has 17 heavy (non-hydrogen) atoms. The van der Waals surface area contributed by atoms with Crippen LogP contribution in [0.25, 0.3) is 0 Å². The lowest BCUT2D eigenvalue weighted by Crippen LogP contribution is -2.39. The first kappa shape index (κ1) is 13.4. The smallest absolute Gasteiger partial charge is 0.0459 e. The summed E-state index contributed by atoms with van der Waals surface area (Å²) in [6.45, 7) is 1.72. The summed E-state index contributed by atoms with van der Waals surface area (Å²) in [7, 11) is 2.32. The van der Waals surface area contributed by atoms with Crippen molar-refractivity contribution in [1.29, 1.82) is 0 Å². The zero-order chi connectivity index (χ0) is 12.1. The maximum atomic E-state index is 9.16. The van der Waals surface area contributed by atoms with Crippen molar-refractivity contribution in [2.24, 2.45) is 11.8 Å². The summed E-state index contributed by atoms with van der Waals surface area (Å²) in [6.07, 6.45) is 12.3. The third-order valence-electron chi connectivity index (χ3n) is 4.97. The second-order valence-corrected chi connectivity index (χ2v) is 6.30. The predicted molar refractivity (Wildman–Crippen MR) is 72.0 cm³/mol. The van der Waals surface area contributed by atoms with Crippen LogP contribution < -0.4 is 0 Å². The van der Waals surface area contributed by atoms with Crippen LogP contribution in [0.5, 0.6) is 0 Å². The third kappa shape index (κ3) is 3.96. The van der Waals surface area contributed by atoms with Gasteiger partial charge in [0.1, 0.15) is 0 Å². The molecule has 2 saturated carbocycles. The fraction of sp³-hybridized carbons (Fsp3) is 1.00. The van der Waals surface area contributed by atoms with E-state index in [4.69, 9.17) is 5.11 Å². The summed E-state index contributed by atoms with van der Waals surface area (Å²) >= 11 is 0. The molecule has 0 unspecified atom stereocenters. The summed E-state index contributed by atoms with van der Waals surface area (Å²) in [5.74, 6) is 1.55. The van der Waals surface area contributed by atoms with Crippen molar-refractivity contribution < 1.29 is 5.11 Å². The molecule has 2 heteroatoms. The summed E-state index contributed by atoms with van der Waals surface area (Å²) in [4.78, 5) is 2.61. The second-order valence-electron chi connectivity index (χ2n) is 6.30. The maximum absolute atomic E-state index is 9.16. The van der Waals surface area contributed by atoms with Crippen LogP contribution in [0.15, 0.2) is 0 Å². The molecule has 0 saturated heterocycles. The van der Waals surface area contributed by atoms with E-state index in [9.17, 15) is 0 Å². The molecule has 2 rings (SSSR count). The lowest BCUT2D eigenvalue weighted by Gasteiger charge is -2.36. The van der Waals surface area contributed by atoms with Crippen LogP contribution in [-0.4, -0.2) is 36.2 Å².